The molecule has 0 spiro atoms. The van der Waals surface area contributed by atoms with Gasteiger partial charge in [0, 0.05) is 28.4 Å². The lowest BCUT2D eigenvalue weighted by Gasteiger charge is -2.28. The Morgan fingerprint density at radius 2 is 1.92 bits per heavy atom. The van der Waals surface area contributed by atoms with Crippen LogP contribution in [-0.4, -0.2) is 32.2 Å². The Balaban J connectivity index is 1.46. The molecule has 1 aromatic carbocycles. The summed E-state index contributed by atoms with van der Waals surface area (Å²) in [5.41, 5.74) is 0.874. The zero-order valence-corrected chi connectivity index (χ0v) is 16.6. The van der Waals surface area contributed by atoms with Crippen LogP contribution in [0.5, 0.6) is 0 Å². The number of rotatable bonds is 7. The molecule has 1 aromatic heterocycles. The summed E-state index contributed by atoms with van der Waals surface area (Å²) in [5.74, 6) is 1.13. The van der Waals surface area contributed by atoms with Crippen LogP contribution in [0.1, 0.15) is 39.5 Å². The van der Waals surface area contributed by atoms with E-state index in [0.29, 0.717) is 28.8 Å². The number of halogens is 1. The van der Waals surface area contributed by atoms with Gasteiger partial charge in [-0.05, 0) is 69.7 Å². The molecule has 26 heavy (non-hydrogen) atoms. The molecule has 8 heteroatoms. The summed E-state index contributed by atoms with van der Waals surface area (Å²) in [5, 5.41) is 8.20. The van der Waals surface area contributed by atoms with Crippen molar-refractivity contribution in [3.05, 3.63) is 29.3 Å². The fourth-order valence-electron chi connectivity index (χ4n) is 3.05. The van der Waals surface area contributed by atoms with Crippen molar-refractivity contribution in [1.82, 2.24) is 14.9 Å². The highest BCUT2D eigenvalue weighted by atomic mass is 35.5. The number of nitrogens with zero attached hydrogens (tertiary/aromatic N) is 2. The molecule has 1 aliphatic carbocycles. The van der Waals surface area contributed by atoms with E-state index in [1.54, 1.807) is 0 Å². The maximum atomic E-state index is 11.8. The van der Waals surface area contributed by atoms with Gasteiger partial charge in [0.1, 0.15) is 0 Å². The maximum Gasteiger partial charge on any atom is 0.322 e. The molecular formula is C18H25ClN4O2S. The van der Waals surface area contributed by atoms with E-state index in [0.717, 1.165) is 37.8 Å². The monoisotopic (exact) mass is 396 g/mol. The Morgan fingerprint density at radius 1 is 1.23 bits per heavy atom. The summed E-state index contributed by atoms with van der Waals surface area (Å²) >= 11 is 5.90. The smallest absolute Gasteiger partial charge is 0.322 e. The number of aromatic nitrogens is 2. The zero-order chi connectivity index (χ0) is 18.5. The zero-order valence-electron chi connectivity index (χ0n) is 15.1. The average Bonchev–Trinajstić information content (AvgIpc) is 3.10. The highest BCUT2D eigenvalue weighted by Crippen LogP contribution is 2.27. The van der Waals surface area contributed by atoms with Gasteiger partial charge in [-0.1, -0.05) is 16.8 Å². The maximum absolute atomic E-state index is 11.8. The number of nitrogens with one attached hydrogen (secondary N) is 2. The van der Waals surface area contributed by atoms with Crippen molar-refractivity contribution in [3.63, 3.8) is 0 Å². The fourth-order valence-corrected chi connectivity index (χ4v) is 3.91. The van der Waals surface area contributed by atoms with Gasteiger partial charge < -0.3 is 9.84 Å². The molecule has 0 radical (unpaired) electrons. The minimum Gasteiger partial charge on any atom is -0.335 e. The number of hydrogen-bond donors (Lipinski definition) is 2. The van der Waals surface area contributed by atoms with Gasteiger partial charge in [0.05, 0.1) is 11.0 Å². The lowest BCUT2D eigenvalue weighted by Crippen LogP contribution is -2.33. The van der Waals surface area contributed by atoms with E-state index < -0.39 is 11.0 Å². The van der Waals surface area contributed by atoms with Crippen LogP contribution in [0.4, 0.5) is 6.01 Å². The lowest BCUT2D eigenvalue weighted by atomic mass is 9.86. The van der Waals surface area contributed by atoms with Crippen LogP contribution in [0.25, 0.3) is 11.4 Å². The van der Waals surface area contributed by atoms with Crippen molar-refractivity contribution in [3.8, 4) is 11.4 Å². The number of anilines is 1. The van der Waals surface area contributed by atoms with E-state index in [1.165, 1.54) is 0 Å². The van der Waals surface area contributed by atoms with Gasteiger partial charge in [-0.2, -0.15) is 4.98 Å². The quantitative estimate of drug-likeness (QED) is 0.738. The molecule has 1 unspecified atom stereocenters. The van der Waals surface area contributed by atoms with Gasteiger partial charge in [-0.3, -0.25) is 0 Å². The molecule has 0 saturated heterocycles. The molecule has 2 N–H and O–H groups in total. The minimum absolute atomic E-state index is 0.153. The molecule has 1 saturated carbocycles. The lowest BCUT2D eigenvalue weighted by molar-refractivity contribution is 0.331. The van der Waals surface area contributed by atoms with E-state index in [4.69, 9.17) is 16.1 Å². The first-order valence-corrected chi connectivity index (χ1v) is 10.6. The SMILES string of the molecule is CC(C)S(=O)NCC1CCC(Nc2nc(-c3ccc(Cl)cc3)no2)CC1. The van der Waals surface area contributed by atoms with Crippen LogP contribution in [0, 0.1) is 5.92 Å². The largest absolute Gasteiger partial charge is 0.335 e. The van der Waals surface area contributed by atoms with Gasteiger partial charge in [0.15, 0.2) is 0 Å². The molecule has 142 valence electrons. The second-order valence-corrected chi connectivity index (χ2v) is 9.25. The van der Waals surface area contributed by atoms with E-state index in [-0.39, 0.29) is 5.25 Å². The summed E-state index contributed by atoms with van der Waals surface area (Å²) in [7, 11) is -0.938. The number of hydrogen-bond acceptors (Lipinski definition) is 5. The van der Waals surface area contributed by atoms with E-state index in [9.17, 15) is 4.21 Å². The molecule has 1 heterocycles. The van der Waals surface area contributed by atoms with Crippen molar-refractivity contribution in [2.75, 3.05) is 11.9 Å². The van der Waals surface area contributed by atoms with Gasteiger partial charge in [-0.15, -0.1) is 0 Å². The molecule has 0 bridgehead atoms. The van der Waals surface area contributed by atoms with Crippen molar-refractivity contribution >= 4 is 28.6 Å². The van der Waals surface area contributed by atoms with E-state index in [2.05, 4.69) is 20.2 Å². The predicted octanol–water partition coefficient (Wildman–Crippen LogP) is 4.02. The van der Waals surface area contributed by atoms with Gasteiger partial charge in [-0.25, -0.2) is 8.93 Å². The number of benzene rings is 1. The van der Waals surface area contributed by atoms with Gasteiger partial charge >= 0.3 is 6.01 Å². The molecular weight excluding hydrogens is 372 g/mol. The van der Waals surface area contributed by atoms with Crippen LogP contribution >= 0.6 is 11.6 Å². The molecule has 0 aliphatic heterocycles. The Labute approximate surface area is 161 Å². The van der Waals surface area contributed by atoms with Crippen molar-refractivity contribution < 1.29 is 8.73 Å². The summed E-state index contributed by atoms with van der Waals surface area (Å²) in [6.07, 6.45) is 4.27. The fraction of sp³-hybridized carbons (Fsp3) is 0.556. The topological polar surface area (TPSA) is 80.0 Å². The second kappa shape index (κ2) is 8.97. The molecule has 1 atom stereocenters. The minimum atomic E-state index is -0.938. The third kappa shape index (κ3) is 5.28. The van der Waals surface area contributed by atoms with Crippen LogP contribution in [-0.2, 0) is 11.0 Å². The summed E-state index contributed by atoms with van der Waals surface area (Å²) in [4.78, 5) is 4.42. The first kappa shape index (κ1) is 19.3. The van der Waals surface area contributed by atoms with Gasteiger partial charge in [0.2, 0.25) is 5.82 Å². The Kier molecular flexibility index (Phi) is 6.67. The summed E-state index contributed by atoms with van der Waals surface area (Å²) < 4.78 is 20.3. The summed E-state index contributed by atoms with van der Waals surface area (Å²) in [6, 6.07) is 8.15. The molecule has 3 rings (SSSR count). The van der Waals surface area contributed by atoms with Crippen LogP contribution in [0.2, 0.25) is 5.02 Å². The first-order valence-electron chi connectivity index (χ1n) is 9.01. The molecule has 2 aromatic rings. The van der Waals surface area contributed by atoms with Crippen molar-refractivity contribution in [2.24, 2.45) is 5.92 Å². The van der Waals surface area contributed by atoms with Crippen LogP contribution in [0.3, 0.4) is 0 Å². The highest BCUT2D eigenvalue weighted by Gasteiger charge is 2.23. The molecule has 6 nitrogen and oxygen atoms in total. The standard InChI is InChI=1S/C18H25ClN4O2S/c1-12(2)26(24)20-11-13-3-9-16(10-4-13)21-18-22-17(23-25-18)14-5-7-15(19)8-6-14/h5-8,12-13,16,20H,3-4,9-11H2,1-2H3,(H,21,22,23). The predicted molar refractivity (Wildman–Crippen MR) is 105 cm³/mol. The van der Waals surface area contributed by atoms with Gasteiger partial charge in [0.25, 0.3) is 0 Å². The molecule has 1 aliphatic rings. The van der Waals surface area contributed by atoms with E-state index >= 15 is 0 Å². The normalized spacial score (nSPS) is 21.7. The van der Waals surface area contributed by atoms with Crippen LogP contribution < -0.4 is 10.0 Å². The molecule has 1 fully saturated rings. The molecule has 0 amide bonds. The van der Waals surface area contributed by atoms with Crippen molar-refractivity contribution in [1.29, 1.82) is 0 Å². The van der Waals surface area contributed by atoms with Crippen molar-refractivity contribution in [2.45, 2.75) is 50.8 Å². The average molecular weight is 397 g/mol. The first-order chi connectivity index (χ1) is 12.5. The Morgan fingerprint density at radius 3 is 2.58 bits per heavy atom. The van der Waals surface area contributed by atoms with E-state index in [1.807, 2.05) is 38.1 Å². The third-order valence-electron chi connectivity index (χ3n) is 4.65. The highest BCUT2D eigenvalue weighted by molar-refractivity contribution is 7.83. The Hall–Kier alpha value is -1.44. The third-order valence-corrected chi connectivity index (χ3v) is 6.20. The summed E-state index contributed by atoms with van der Waals surface area (Å²) in [6.45, 7) is 4.75. The Bertz CT molecular complexity index is 727. The van der Waals surface area contributed by atoms with Crippen LogP contribution in [0.15, 0.2) is 28.8 Å². The second-order valence-electron chi connectivity index (χ2n) is 6.99.